The molecule has 70 valence electrons. The largest absolute Gasteiger partial charge is 0.320 e. The molecule has 1 fully saturated rings. The highest BCUT2D eigenvalue weighted by Gasteiger charge is 2.34. The van der Waals surface area contributed by atoms with Crippen LogP contribution in [0, 0.1) is 5.92 Å². The quantitative estimate of drug-likeness (QED) is 0.643. The van der Waals surface area contributed by atoms with Crippen molar-refractivity contribution >= 4 is 5.78 Å². The van der Waals surface area contributed by atoms with E-state index in [0.717, 1.165) is 12.2 Å². The van der Waals surface area contributed by atoms with E-state index in [1.54, 1.807) is 6.33 Å². The second-order valence-electron chi connectivity index (χ2n) is 3.70. The number of rotatable bonds is 1. The molecular formula is C9H13N3O. The minimum atomic E-state index is 0.114. The number of carbonyl (C=O) groups is 1. The summed E-state index contributed by atoms with van der Waals surface area (Å²) in [6.45, 7) is 1.98. The number of Topliss-reactive ketones (excluding diaryl/α,β-unsaturated/α-hetero) is 1. The molecule has 1 aromatic heterocycles. The summed E-state index contributed by atoms with van der Waals surface area (Å²) < 4.78 is 1.90. The Balaban J connectivity index is 2.28. The molecule has 0 amide bonds. The summed E-state index contributed by atoms with van der Waals surface area (Å²) in [5, 5.41) is 7.87. The number of carbonyl (C=O) groups excluding carboxylic acids is 1. The number of ketones is 1. The van der Waals surface area contributed by atoms with Crippen LogP contribution < -0.4 is 0 Å². The zero-order valence-corrected chi connectivity index (χ0v) is 7.90. The van der Waals surface area contributed by atoms with Gasteiger partial charge in [-0.1, -0.05) is 6.92 Å². The maximum Gasteiger partial charge on any atom is 0.136 e. The number of hydrogen-bond donors (Lipinski definition) is 0. The molecule has 2 atom stereocenters. The maximum absolute atomic E-state index is 11.3. The third-order valence-corrected chi connectivity index (χ3v) is 2.89. The maximum atomic E-state index is 11.3. The summed E-state index contributed by atoms with van der Waals surface area (Å²) in [6, 6.07) is 0. The Kier molecular flexibility index (Phi) is 1.90. The molecule has 4 nitrogen and oxygen atoms in total. The first-order valence-corrected chi connectivity index (χ1v) is 4.56. The smallest absolute Gasteiger partial charge is 0.136 e. The fourth-order valence-corrected chi connectivity index (χ4v) is 1.98. The Hall–Kier alpha value is -1.19. The topological polar surface area (TPSA) is 47.8 Å². The van der Waals surface area contributed by atoms with Crippen molar-refractivity contribution in [1.82, 2.24) is 14.8 Å². The summed E-state index contributed by atoms with van der Waals surface area (Å²) in [5.74, 6) is 1.69. The van der Waals surface area contributed by atoms with Crippen LogP contribution >= 0.6 is 0 Å². The average Bonchev–Trinajstić information content (AvgIpc) is 2.62. The Labute approximate surface area is 77.0 Å². The summed E-state index contributed by atoms with van der Waals surface area (Å²) in [5.41, 5.74) is 0. The van der Waals surface area contributed by atoms with E-state index in [2.05, 4.69) is 10.2 Å². The summed E-state index contributed by atoms with van der Waals surface area (Å²) in [7, 11) is 1.92. The Morgan fingerprint density at radius 3 is 2.85 bits per heavy atom. The standard InChI is InChI=1S/C9H13N3O/c1-6-7(3-4-8(6)13)9-11-10-5-12(9)2/h5-7H,3-4H2,1-2H3. The molecule has 4 heteroatoms. The van der Waals surface area contributed by atoms with Gasteiger partial charge in [-0.05, 0) is 6.42 Å². The zero-order chi connectivity index (χ0) is 9.42. The second-order valence-corrected chi connectivity index (χ2v) is 3.70. The van der Waals surface area contributed by atoms with Crippen molar-refractivity contribution in [2.24, 2.45) is 13.0 Å². The summed E-state index contributed by atoms with van der Waals surface area (Å²) in [4.78, 5) is 11.3. The van der Waals surface area contributed by atoms with Crippen molar-refractivity contribution in [3.05, 3.63) is 12.2 Å². The number of aryl methyl sites for hydroxylation is 1. The van der Waals surface area contributed by atoms with Crippen molar-refractivity contribution in [2.75, 3.05) is 0 Å². The SMILES string of the molecule is CC1C(=O)CCC1c1nncn1C. The second kappa shape index (κ2) is 2.94. The van der Waals surface area contributed by atoms with Gasteiger partial charge in [0.15, 0.2) is 0 Å². The molecule has 0 spiro atoms. The molecular weight excluding hydrogens is 166 g/mol. The van der Waals surface area contributed by atoms with Crippen molar-refractivity contribution in [3.63, 3.8) is 0 Å². The van der Waals surface area contributed by atoms with E-state index in [1.165, 1.54) is 0 Å². The third kappa shape index (κ3) is 1.26. The lowest BCUT2D eigenvalue weighted by atomic mass is 9.97. The predicted molar refractivity (Wildman–Crippen MR) is 47.1 cm³/mol. The van der Waals surface area contributed by atoms with Gasteiger partial charge in [-0.15, -0.1) is 10.2 Å². The van der Waals surface area contributed by atoms with Gasteiger partial charge in [-0.3, -0.25) is 4.79 Å². The van der Waals surface area contributed by atoms with Crippen LogP contribution in [0.1, 0.15) is 31.5 Å². The molecule has 0 aromatic carbocycles. The minimum Gasteiger partial charge on any atom is -0.320 e. The molecule has 2 unspecified atom stereocenters. The normalized spacial score (nSPS) is 28.3. The van der Waals surface area contributed by atoms with Gasteiger partial charge in [-0.25, -0.2) is 0 Å². The molecule has 13 heavy (non-hydrogen) atoms. The fourth-order valence-electron chi connectivity index (χ4n) is 1.98. The summed E-state index contributed by atoms with van der Waals surface area (Å²) in [6.07, 6.45) is 3.30. The van der Waals surface area contributed by atoms with E-state index in [-0.39, 0.29) is 11.8 Å². The van der Waals surface area contributed by atoms with E-state index in [0.29, 0.717) is 12.2 Å². The van der Waals surface area contributed by atoms with Crippen LogP contribution in [-0.4, -0.2) is 20.5 Å². The molecule has 0 radical (unpaired) electrons. The van der Waals surface area contributed by atoms with Crippen LogP contribution in [0.5, 0.6) is 0 Å². The molecule has 1 saturated carbocycles. The lowest BCUT2D eigenvalue weighted by Crippen LogP contribution is -2.12. The first kappa shape index (κ1) is 8.41. The van der Waals surface area contributed by atoms with Crippen LogP contribution in [-0.2, 0) is 11.8 Å². The first-order chi connectivity index (χ1) is 6.20. The number of nitrogens with zero attached hydrogens (tertiary/aromatic N) is 3. The highest BCUT2D eigenvalue weighted by molar-refractivity contribution is 5.83. The van der Waals surface area contributed by atoms with Crippen molar-refractivity contribution in [1.29, 1.82) is 0 Å². The van der Waals surface area contributed by atoms with Crippen LogP contribution in [0.4, 0.5) is 0 Å². The number of hydrogen-bond acceptors (Lipinski definition) is 3. The van der Waals surface area contributed by atoms with Crippen LogP contribution in [0.15, 0.2) is 6.33 Å². The molecule has 1 aromatic rings. The lowest BCUT2D eigenvalue weighted by Gasteiger charge is -2.12. The van der Waals surface area contributed by atoms with E-state index in [1.807, 2.05) is 18.5 Å². The van der Waals surface area contributed by atoms with E-state index in [9.17, 15) is 4.79 Å². The molecule has 2 rings (SSSR count). The van der Waals surface area contributed by atoms with Gasteiger partial charge in [0.25, 0.3) is 0 Å². The van der Waals surface area contributed by atoms with Gasteiger partial charge in [0.1, 0.15) is 17.9 Å². The average molecular weight is 179 g/mol. The van der Waals surface area contributed by atoms with Gasteiger partial charge >= 0.3 is 0 Å². The van der Waals surface area contributed by atoms with Gasteiger partial charge in [0, 0.05) is 25.3 Å². The first-order valence-electron chi connectivity index (χ1n) is 4.56. The Bertz CT molecular complexity index is 331. The molecule has 1 heterocycles. The highest BCUT2D eigenvalue weighted by Crippen LogP contribution is 2.35. The fraction of sp³-hybridized carbons (Fsp3) is 0.667. The van der Waals surface area contributed by atoms with Crippen LogP contribution in [0.25, 0.3) is 0 Å². The summed E-state index contributed by atoms with van der Waals surface area (Å²) >= 11 is 0. The van der Waals surface area contributed by atoms with Crippen molar-refractivity contribution in [2.45, 2.75) is 25.7 Å². The van der Waals surface area contributed by atoms with Gasteiger partial charge < -0.3 is 4.57 Å². The molecule has 0 bridgehead atoms. The highest BCUT2D eigenvalue weighted by atomic mass is 16.1. The zero-order valence-electron chi connectivity index (χ0n) is 7.90. The third-order valence-electron chi connectivity index (χ3n) is 2.89. The Morgan fingerprint density at radius 2 is 2.38 bits per heavy atom. The predicted octanol–water partition coefficient (Wildman–Crippen LogP) is 0.898. The van der Waals surface area contributed by atoms with Gasteiger partial charge in [-0.2, -0.15) is 0 Å². The number of aromatic nitrogens is 3. The van der Waals surface area contributed by atoms with Gasteiger partial charge in [0.2, 0.25) is 0 Å². The lowest BCUT2D eigenvalue weighted by molar-refractivity contribution is -0.120. The Morgan fingerprint density at radius 1 is 1.62 bits per heavy atom. The molecule has 1 aliphatic carbocycles. The van der Waals surface area contributed by atoms with Crippen molar-refractivity contribution < 1.29 is 4.79 Å². The monoisotopic (exact) mass is 179 g/mol. The molecule has 0 aliphatic heterocycles. The van der Waals surface area contributed by atoms with E-state index in [4.69, 9.17) is 0 Å². The molecule has 1 aliphatic rings. The van der Waals surface area contributed by atoms with Crippen molar-refractivity contribution in [3.8, 4) is 0 Å². The van der Waals surface area contributed by atoms with E-state index >= 15 is 0 Å². The minimum absolute atomic E-state index is 0.114. The molecule has 0 saturated heterocycles. The molecule has 0 N–H and O–H groups in total. The van der Waals surface area contributed by atoms with Crippen LogP contribution in [0.2, 0.25) is 0 Å². The van der Waals surface area contributed by atoms with E-state index < -0.39 is 0 Å². The van der Waals surface area contributed by atoms with Gasteiger partial charge in [0.05, 0.1) is 0 Å². The van der Waals surface area contributed by atoms with Crippen LogP contribution in [0.3, 0.4) is 0 Å².